The minimum Gasteiger partial charge on any atom is -0.379 e. The summed E-state index contributed by atoms with van der Waals surface area (Å²) in [4.78, 5) is 27.1. The third kappa shape index (κ3) is 10.5. The number of hydrogen-bond acceptors (Lipinski definition) is 4. The molecular formula is C30H45N3O3. The van der Waals surface area contributed by atoms with Crippen molar-refractivity contribution in [2.24, 2.45) is 11.3 Å². The largest absolute Gasteiger partial charge is 0.379 e. The van der Waals surface area contributed by atoms with Crippen LogP contribution in [0, 0.1) is 11.3 Å². The summed E-state index contributed by atoms with van der Waals surface area (Å²) in [6.07, 6.45) is 1.65. The van der Waals surface area contributed by atoms with Gasteiger partial charge in [-0.25, -0.2) is 5.01 Å². The van der Waals surface area contributed by atoms with Crippen LogP contribution in [0.5, 0.6) is 0 Å². The number of carbonyl (C=O) groups is 2. The molecule has 0 heterocycles. The summed E-state index contributed by atoms with van der Waals surface area (Å²) >= 11 is 0. The summed E-state index contributed by atoms with van der Waals surface area (Å²) in [5, 5.41) is 3.71. The molecule has 0 aliphatic carbocycles. The van der Waals surface area contributed by atoms with E-state index in [-0.39, 0.29) is 23.1 Å². The molecule has 6 nitrogen and oxygen atoms in total. The van der Waals surface area contributed by atoms with Gasteiger partial charge in [-0.3, -0.25) is 14.6 Å². The zero-order chi connectivity index (χ0) is 26.6. The van der Waals surface area contributed by atoms with Gasteiger partial charge in [-0.1, -0.05) is 88.4 Å². The Morgan fingerprint density at radius 3 is 1.89 bits per heavy atom. The molecule has 198 valence electrons. The average molecular weight is 496 g/mol. The maximum absolute atomic E-state index is 12.9. The molecule has 0 N–H and O–H groups in total. The SMILES string of the molecule is CC(=O)N(CCc1ccccc1)N(C)CCOCC(C)(C)CN(CCc1ccccc1)C(=O)C(C)C. The topological polar surface area (TPSA) is 53.1 Å². The van der Waals surface area contributed by atoms with E-state index in [1.807, 2.05) is 67.2 Å². The van der Waals surface area contributed by atoms with Crippen molar-refractivity contribution >= 4 is 11.8 Å². The van der Waals surface area contributed by atoms with Gasteiger partial charge in [0, 0.05) is 51.5 Å². The zero-order valence-corrected chi connectivity index (χ0v) is 23.1. The number of likely N-dealkylation sites (N-methyl/N-ethyl adjacent to an activating group) is 1. The van der Waals surface area contributed by atoms with E-state index in [1.165, 1.54) is 11.1 Å². The van der Waals surface area contributed by atoms with Gasteiger partial charge in [-0.2, -0.15) is 0 Å². The number of hydrogen-bond donors (Lipinski definition) is 0. The van der Waals surface area contributed by atoms with Gasteiger partial charge in [-0.15, -0.1) is 0 Å². The highest BCUT2D eigenvalue weighted by Gasteiger charge is 2.26. The summed E-state index contributed by atoms with van der Waals surface area (Å²) in [5.74, 6) is 0.156. The van der Waals surface area contributed by atoms with Crippen molar-refractivity contribution in [3.63, 3.8) is 0 Å². The minimum absolute atomic E-state index is 0.0232. The first-order chi connectivity index (χ1) is 17.1. The summed E-state index contributed by atoms with van der Waals surface area (Å²) in [6, 6.07) is 20.5. The lowest BCUT2D eigenvalue weighted by molar-refractivity contribution is -0.145. The fraction of sp³-hybridized carbons (Fsp3) is 0.533. The first kappa shape index (κ1) is 29.5. The number of nitrogens with zero attached hydrogens (tertiary/aromatic N) is 3. The molecule has 2 aromatic rings. The van der Waals surface area contributed by atoms with Crippen molar-refractivity contribution in [1.29, 1.82) is 0 Å². The Hall–Kier alpha value is -2.70. The molecule has 0 aliphatic rings. The number of ether oxygens (including phenoxy) is 1. The standard InChI is InChI=1S/C30H45N3O3/c1-25(2)29(35)32(19-17-27-13-9-7-10-14-27)23-30(4,5)24-36-22-21-31(6)33(26(3)34)20-18-28-15-11-8-12-16-28/h7-16,25H,17-24H2,1-6H3. The molecule has 0 unspecified atom stereocenters. The van der Waals surface area contributed by atoms with Gasteiger partial charge < -0.3 is 9.64 Å². The van der Waals surface area contributed by atoms with Gasteiger partial charge in [-0.05, 0) is 24.0 Å². The maximum Gasteiger partial charge on any atom is 0.233 e. The first-order valence-electron chi connectivity index (χ1n) is 13.0. The van der Waals surface area contributed by atoms with Crippen molar-refractivity contribution in [1.82, 2.24) is 14.9 Å². The Labute approximate surface area is 218 Å². The van der Waals surface area contributed by atoms with Crippen LogP contribution in [0.3, 0.4) is 0 Å². The molecule has 0 saturated heterocycles. The van der Waals surface area contributed by atoms with Crippen LogP contribution in [0.2, 0.25) is 0 Å². The van der Waals surface area contributed by atoms with Gasteiger partial charge in [0.25, 0.3) is 0 Å². The van der Waals surface area contributed by atoms with Crippen molar-refractivity contribution in [2.45, 2.75) is 47.5 Å². The van der Waals surface area contributed by atoms with Crippen molar-refractivity contribution < 1.29 is 14.3 Å². The molecule has 2 amide bonds. The fourth-order valence-electron chi connectivity index (χ4n) is 4.22. The molecule has 36 heavy (non-hydrogen) atoms. The molecule has 2 rings (SSSR count). The zero-order valence-electron chi connectivity index (χ0n) is 23.1. The van der Waals surface area contributed by atoms with E-state index >= 15 is 0 Å². The van der Waals surface area contributed by atoms with Crippen LogP contribution >= 0.6 is 0 Å². The van der Waals surface area contributed by atoms with Crippen LogP contribution in [-0.2, 0) is 27.2 Å². The average Bonchev–Trinajstić information content (AvgIpc) is 2.85. The lowest BCUT2D eigenvalue weighted by Crippen LogP contribution is -2.46. The maximum atomic E-state index is 12.9. The van der Waals surface area contributed by atoms with E-state index < -0.39 is 0 Å². The van der Waals surface area contributed by atoms with Crippen LogP contribution in [0.15, 0.2) is 60.7 Å². The Bertz CT molecular complexity index is 916. The number of hydrazine groups is 1. The number of carbonyl (C=O) groups excluding carboxylic acids is 2. The molecule has 0 aliphatic heterocycles. The molecule has 0 bridgehead atoms. The predicted octanol–water partition coefficient (Wildman–Crippen LogP) is 4.69. The normalized spacial score (nSPS) is 11.7. The van der Waals surface area contributed by atoms with E-state index in [0.717, 1.165) is 12.8 Å². The molecule has 0 fully saturated rings. The van der Waals surface area contributed by atoms with Crippen LogP contribution in [0.4, 0.5) is 0 Å². The highest BCUT2D eigenvalue weighted by atomic mass is 16.5. The predicted molar refractivity (Wildman–Crippen MR) is 146 cm³/mol. The van der Waals surface area contributed by atoms with Crippen molar-refractivity contribution in [2.75, 3.05) is 46.4 Å². The van der Waals surface area contributed by atoms with E-state index in [1.54, 1.807) is 11.9 Å². The van der Waals surface area contributed by atoms with Gasteiger partial charge in [0.15, 0.2) is 0 Å². The van der Waals surface area contributed by atoms with Crippen LogP contribution < -0.4 is 0 Å². The second-order valence-corrected chi connectivity index (χ2v) is 10.6. The fourth-order valence-corrected chi connectivity index (χ4v) is 4.22. The van der Waals surface area contributed by atoms with E-state index in [2.05, 4.69) is 38.1 Å². The molecule has 0 spiro atoms. The molecule has 0 radical (unpaired) electrons. The lowest BCUT2D eigenvalue weighted by atomic mass is 9.93. The number of amides is 2. The van der Waals surface area contributed by atoms with Gasteiger partial charge in [0.05, 0.1) is 13.2 Å². The van der Waals surface area contributed by atoms with Crippen molar-refractivity contribution in [3.05, 3.63) is 71.8 Å². The van der Waals surface area contributed by atoms with Gasteiger partial charge >= 0.3 is 0 Å². The number of rotatable bonds is 15. The monoisotopic (exact) mass is 495 g/mol. The molecule has 0 saturated carbocycles. The van der Waals surface area contributed by atoms with Crippen LogP contribution in [-0.4, -0.2) is 73.2 Å². The Morgan fingerprint density at radius 2 is 1.39 bits per heavy atom. The Kier molecular flexibility index (Phi) is 12.1. The summed E-state index contributed by atoms with van der Waals surface area (Å²) in [5.41, 5.74) is 2.26. The van der Waals surface area contributed by atoms with Gasteiger partial charge in [0.2, 0.25) is 11.8 Å². The van der Waals surface area contributed by atoms with Gasteiger partial charge in [0.1, 0.15) is 0 Å². The third-order valence-electron chi connectivity index (χ3n) is 6.22. The highest BCUT2D eigenvalue weighted by molar-refractivity contribution is 5.78. The second kappa shape index (κ2) is 14.8. The van der Waals surface area contributed by atoms with Crippen LogP contribution in [0.25, 0.3) is 0 Å². The molecule has 6 heteroatoms. The highest BCUT2D eigenvalue weighted by Crippen LogP contribution is 2.20. The molecule has 2 aromatic carbocycles. The van der Waals surface area contributed by atoms with E-state index in [4.69, 9.17) is 4.74 Å². The van der Waals surface area contributed by atoms with Crippen molar-refractivity contribution in [3.8, 4) is 0 Å². The smallest absolute Gasteiger partial charge is 0.233 e. The van der Waals surface area contributed by atoms with E-state index in [9.17, 15) is 9.59 Å². The minimum atomic E-state index is -0.187. The Morgan fingerprint density at radius 1 is 0.861 bits per heavy atom. The van der Waals surface area contributed by atoms with E-state index in [0.29, 0.717) is 39.4 Å². The quantitative estimate of drug-likeness (QED) is 0.266. The van der Waals surface area contributed by atoms with Crippen LogP contribution in [0.1, 0.15) is 45.7 Å². The molecule has 0 aromatic heterocycles. The number of benzene rings is 2. The molecule has 0 atom stereocenters. The third-order valence-corrected chi connectivity index (χ3v) is 6.22. The second-order valence-electron chi connectivity index (χ2n) is 10.6. The summed E-state index contributed by atoms with van der Waals surface area (Å²) < 4.78 is 6.05. The lowest BCUT2D eigenvalue weighted by Gasteiger charge is -2.34. The summed E-state index contributed by atoms with van der Waals surface area (Å²) in [7, 11) is 1.92. The first-order valence-corrected chi connectivity index (χ1v) is 13.0. The molecular weight excluding hydrogens is 450 g/mol. The summed E-state index contributed by atoms with van der Waals surface area (Å²) in [6.45, 7) is 13.4. The Balaban J connectivity index is 1.83.